The van der Waals surface area contributed by atoms with Gasteiger partial charge in [-0.1, -0.05) is 25.1 Å². The number of aryl methyl sites for hydroxylation is 1. The molecule has 0 aromatic heterocycles. The molecule has 1 heterocycles. The Kier molecular flexibility index (Phi) is 10.3. The number of rotatable bonds is 11. The van der Waals surface area contributed by atoms with E-state index in [-0.39, 0.29) is 25.2 Å². The van der Waals surface area contributed by atoms with E-state index < -0.39 is 11.8 Å². The number of hydrogen-bond acceptors (Lipinski definition) is 7. The van der Waals surface area contributed by atoms with Crippen LogP contribution in [0.1, 0.15) is 37.8 Å². The lowest BCUT2D eigenvalue weighted by Crippen LogP contribution is -2.41. The lowest BCUT2D eigenvalue weighted by molar-refractivity contribution is -0.139. The summed E-state index contributed by atoms with van der Waals surface area (Å²) >= 11 is 0. The molecule has 3 amide bonds. The number of hydrogen-bond donors (Lipinski definition) is 3. The number of carbonyl (C=O) groups is 3. The maximum atomic E-state index is 12.4. The van der Waals surface area contributed by atoms with Crippen molar-refractivity contribution in [2.24, 2.45) is 5.10 Å². The molecule has 3 N–H and O–H groups in total. The van der Waals surface area contributed by atoms with Crippen molar-refractivity contribution in [2.75, 3.05) is 31.7 Å². The first-order valence-corrected chi connectivity index (χ1v) is 12.0. The molecule has 0 unspecified atom stereocenters. The Morgan fingerprint density at radius 1 is 1.08 bits per heavy atom. The van der Waals surface area contributed by atoms with Crippen LogP contribution in [0.4, 0.5) is 5.69 Å². The minimum Gasteiger partial charge on any atom is -0.490 e. The smallest absolute Gasteiger partial charge is 0.329 e. The van der Waals surface area contributed by atoms with Gasteiger partial charge >= 0.3 is 11.8 Å². The zero-order chi connectivity index (χ0) is 25.8. The average Bonchev–Trinajstić information content (AvgIpc) is 3.41. The first kappa shape index (κ1) is 26.7. The van der Waals surface area contributed by atoms with E-state index in [0.717, 1.165) is 30.5 Å². The zero-order valence-electron chi connectivity index (χ0n) is 20.5. The molecule has 0 saturated carbocycles. The molecule has 1 aliphatic rings. The number of nitrogens with one attached hydrogen (secondary N) is 3. The summed E-state index contributed by atoms with van der Waals surface area (Å²) in [6, 6.07) is 12.6. The van der Waals surface area contributed by atoms with Gasteiger partial charge in [0.1, 0.15) is 0 Å². The highest BCUT2D eigenvalue weighted by Gasteiger charge is 2.19. The van der Waals surface area contributed by atoms with Gasteiger partial charge in [-0.05, 0) is 61.6 Å². The molecular weight excluding hydrogens is 464 g/mol. The fourth-order valence-electron chi connectivity index (χ4n) is 3.58. The third kappa shape index (κ3) is 8.09. The van der Waals surface area contributed by atoms with E-state index in [1.54, 1.807) is 18.2 Å². The number of carbonyl (C=O) groups excluding carboxylic acids is 3. The summed E-state index contributed by atoms with van der Waals surface area (Å²) in [6.45, 7) is 5.00. The van der Waals surface area contributed by atoms with Gasteiger partial charge in [-0.15, -0.1) is 0 Å². The number of anilines is 1. The molecule has 1 fully saturated rings. The predicted molar refractivity (Wildman–Crippen MR) is 135 cm³/mol. The van der Waals surface area contributed by atoms with Crippen LogP contribution in [0.15, 0.2) is 47.6 Å². The van der Waals surface area contributed by atoms with Crippen LogP contribution in [0.25, 0.3) is 0 Å². The number of ether oxygens (including phenoxy) is 3. The van der Waals surface area contributed by atoms with E-state index in [1.807, 2.05) is 38.1 Å². The van der Waals surface area contributed by atoms with Gasteiger partial charge in [-0.2, -0.15) is 5.10 Å². The van der Waals surface area contributed by atoms with Crippen LogP contribution in [-0.2, 0) is 25.5 Å². The van der Waals surface area contributed by atoms with Gasteiger partial charge < -0.3 is 24.8 Å². The Morgan fingerprint density at radius 2 is 1.92 bits per heavy atom. The standard InChI is InChI=1S/C26H32N4O6/c1-3-19-8-5-6-10-21(19)29-24(31)17-36-22-12-11-18(14-23(22)34-4-2)15-28-30-26(33)25(32)27-16-20-9-7-13-35-20/h5-6,8,10-12,14-15,20H,3-4,7,9,13,16-17H2,1-2H3,(H,27,32)(H,29,31)(H,30,33)/b28-15-/t20-/m1/s1. The van der Waals surface area contributed by atoms with Crippen LogP contribution in [0.3, 0.4) is 0 Å². The number of amides is 3. The minimum atomic E-state index is -0.870. The topological polar surface area (TPSA) is 127 Å². The van der Waals surface area contributed by atoms with Crippen LogP contribution in [0.2, 0.25) is 0 Å². The van der Waals surface area contributed by atoms with Crippen molar-refractivity contribution in [3.63, 3.8) is 0 Å². The summed E-state index contributed by atoms with van der Waals surface area (Å²) in [5, 5.41) is 9.23. The lowest BCUT2D eigenvalue weighted by atomic mass is 10.1. The molecule has 10 heteroatoms. The Bertz CT molecular complexity index is 1080. The van der Waals surface area contributed by atoms with Crippen LogP contribution in [-0.4, -0.2) is 56.4 Å². The summed E-state index contributed by atoms with van der Waals surface area (Å²) in [5.74, 6) is -1.12. The van der Waals surface area contributed by atoms with Crippen molar-refractivity contribution < 1.29 is 28.6 Å². The van der Waals surface area contributed by atoms with Gasteiger partial charge in [0.05, 0.1) is 18.9 Å². The summed E-state index contributed by atoms with van der Waals surface area (Å²) in [4.78, 5) is 36.2. The molecular formula is C26H32N4O6. The molecule has 2 aromatic carbocycles. The molecule has 10 nitrogen and oxygen atoms in total. The highest BCUT2D eigenvalue weighted by atomic mass is 16.5. The second-order valence-corrected chi connectivity index (χ2v) is 8.03. The SMILES string of the molecule is CCOc1cc(/C=N\NC(=O)C(=O)NC[C@H]2CCCO2)ccc1OCC(=O)Nc1ccccc1CC. The number of para-hydroxylation sites is 1. The highest BCUT2D eigenvalue weighted by molar-refractivity contribution is 6.35. The second kappa shape index (κ2) is 13.8. The second-order valence-electron chi connectivity index (χ2n) is 8.03. The summed E-state index contributed by atoms with van der Waals surface area (Å²) < 4.78 is 16.7. The van der Waals surface area contributed by atoms with Gasteiger partial charge in [0.25, 0.3) is 5.91 Å². The van der Waals surface area contributed by atoms with Crippen LogP contribution in [0.5, 0.6) is 11.5 Å². The van der Waals surface area contributed by atoms with Crippen molar-refractivity contribution in [1.29, 1.82) is 0 Å². The maximum absolute atomic E-state index is 12.4. The third-order valence-corrected chi connectivity index (χ3v) is 5.40. The molecule has 0 radical (unpaired) electrons. The van der Waals surface area contributed by atoms with Gasteiger partial charge in [-0.3, -0.25) is 14.4 Å². The molecule has 0 spiro atoms. The number of nitrogens with zero attached hydrogens (tertiary/aromatic N) is 1. The largest absolute Gasteiger partial charge is 0.490 e. The van der Waals surface area contributed by atoms with Crippen molar-refractivity contribution in [3.8, 4) is 11.5 Å². The fourth-order valence-corrected chi connectivity index (χ4v) is 3.58. The van der Waals surface area contributed by atoms with E-state index in [4.69, 9.17) is 14.2 Å². The monoisotopic (exact) mass is 496 g/mol. The number of hydrazone groups is 1. The van der Waals surface area contributed by atoms with Gasteiger partial charge in [0.2, 0.25) is 0 Å². The van der Waals surface area contributed by atoms with Crippen LogP contribution in [0, 0.1) is 0 Å². The van der Waals surface area contributed by atoms with Crippen molar-refractivity contribution in [2.45, 2.75) is 39.2 Å². The Morgan fingerprint density at radius 3 is 2.67 bits per heavy atom. The van der Waals surface area contributed by atoms with Crippen molar-refractivity contribution in [3.05, 3.63) is 53.6 Å². The highest BCUT2D eigenvalue weighted by Crippen LogP contribution is 2.28. The molecule has 2 aromatic rings. The first-order valence-electron chi connectivity index (χ1n) is 12.0. The molecule has 36 heavy (non-hydrogen) atoms. The minimum absolute atomic E-state index is 0.0544. The third-order valence-electron chi connectivity index (χ3n) is 5.40. The lowest BCUT2D eigenvalue weighted by Gasteiger charge is -2.13. The van der Waals surface area contributed by atoms with Gasteiger partial charge in [0, 0.05) is 18.8 Å². The first-order chi connectivity index (χ1) is 17.5. The molecule has 192 valence electrons. The quantitative estimate of drug-likeness (QED) is 0.249. The maximum Gasteiger partial charge on any atom is 0.329 e. The van der Waals surface area contributed by atoms with E-state index in [2.05, 4.69) is 21.2 Å². The molecule has 1 atom stereocenters. The van der Waals surface area contributed by atoms with Crippen molar-refractivity contribution in [1.82, 2.24) is 10.7 Å². The zero-order valence-corrected chi connectivity index (χ0v) is 20.5. The summed E-state index contributed by atoms with van der Waals surface area (Å²) in [7, 11) is 0. The fraction of sp³-hybridized carbons (Fsp3) is 0.385. The van der Waals surface area contributed by atoms with Gasteiger partial charge in [0.15, 0.2) is 18.1 Å². The summed E-state index contributed by atoms with van der Waals surface area (Å²) in [6.07, 6.45) is 3.94. The molecule has 3 rings (SSSR count). The van der Waals surface area contributed by atoms with Gasteiger partial charge in [-0.25, -0.2) is 5.43 Å². The predicted octanol–water partition coefficient (Wildman–Crippen LogP) is 2.41. The summed E-state index contributed by atoms with van der Waals surface area (Å²) in [5.41, 5.74) is 4.60. The van der Waals surface area contributed by atoms with Crippen LogP contribution < -0.4 is 25.5 Å². The van der Waals surface area contributed by atoms with Crippen molar-refractivity contribution >= 4 is 29.6 Å². The Balaban J connectivity index is 1.52. The van der Waals surface area contributed by atoms with E-state index in [9.17, 15) is 14.4 Å². The van der Waals surface area contributed by atoms with E-state index in [1.165, 1.54) is 6.21 Å². The molecule has 1 aliphatic heterocycles. The Labute approximate surface area is 210 Å². The molecule has 0 bridgehead atoms. The molecule has 1 saturated heterocycles. The molecule has 0 aliphatic carbocycles. The average molecular weight is 497 g/mol. The number of benzene rings is 2. The van der Waals surface area contributed by atoms with E-state index >= 15 is 0 Å². The van der Waals surface area contributed by atoms with E-state index in [0.29, 0.717) is 30.3 Å². The van der Waals surface area contributed by atoms with Crippen LogP contribution >= 0.6 is 0 Å². The Hall–Kier alpha value is -3.92. The normalized spacial score (nSPS) is 14.9.